The molecule has 0 radical (unpaired) electrons. The molecule has 0 aliphatic carbocycles. The third-order valence-corrected chi connectivity index (χ3v) is 3.36. The smallest absolute Gasteiger partial charge is 0.330 e. The Balaban J connectivity index is 3.22. The molecule has 134 valence electrons. The predicted molar refractivity (Wildman–Crippen MR) is 90.2 cm³/mol. The molecular weight excluding hydrogens is 296 g/mol. The zero-order valence-corrected chi connectivity index (χ0v) is 14.5. The Morgan fingerprint density at radius 1 is 0.826 bits per heavy atom. The first-order valence-electron chi connectivity index (χ1n) is 8.73. The van der Waals surface area contributed by atoms with Crippen LogP contribution in [0.15, 0.2) is 12.7 Å². The lowest BCUT2D eigenvalue weighted by Crippen LogP contribution is -2.13. The standard InChI is InChI=1S/C18H32O5/c1-3-5-6-7-8-9-10-11-12-18(20)23-16-14-21-13-15-22-17(19)4-2/h4H,2-3,5-16H2,1H3. The molecule has 0 aromatic heterocycles. The highest BCUT2D eigenvalue weighted by atomic mass is 16.6. The van der Waals surface area contributed by atoms with E-state index in [1.165, 1.54) is 38.5 Å². The van der Waals surface area contributed by atoms with Gasteiger partial charge in [0.25, 0.3) is 0 Å². The summed E-state index contributed by atoms with van der Waals surface area (Å²) in [6.45, 7) is 6.52. The first-order chi connectivity index (χ1) is 11.2. The van der Waals surface area contributed by atoms with E-state index >= 15 is 0 Å². The second-order valence-electron chi connectivity index (χ2n) is 5.43. The average molecular weight is 328 g/mol. The van der Waals surface area contributed by atoms with Gasteiger partial charge in [-0.25, -0.2) is 4.79 Å². The van der Waals surface area contributed by atoms with E-state index in [1.807, 2.05) is 0 Å². The Hall–Kier alpha value is -1.36. The molecule has 5 heteroatoms. The summed E-state index contributed by atoms with van der Waals surface area (Å²) in [6.07, 6.45) is 11.3. The number of unbranched alkanes of at least 4 members (excludes halogenated alkanes) is 7. The zero-order valence-electron chi connectivity index (χ0n) is 14.5. The summed E-state index contributed by atoms with van der Waals surface area (Å²) >= 11 is 0. The fourth-order valence-electron chi connectivity index (χ4n) is 2.05. The van der Waals surface area contributed by atoms with Crippen LogP contribution in [0.2, 0.25) is 0 Å². The van der Waals surface area contributed by atoms with Crippen molar-refractivity contribution in [2.75, 3.05) is 26.4 Å². The number of carbonyl (C=O) groups is 2. The minimum absolute atomic E-state index is 0.169. The highest BCUT2D eigenvalue weighted by molar-refractivity contribution is 5.81. The Morgan fingerprint density at radius 2 is 1.39 bits per heavy atom. The second kappa shape index (κ2) is 17.0. The van der Waals surface area contributed by atoms with E-state index in [0.29, 0.717) is 13.0 Å². The molecule has 0 rings (SSSR count). The van der Waals surface area contributed by atoms with Crippen LogP contribution in [0.3, 0.4) is 0 Å². The third kappa shape index (κ3) is 16.8. The van der Waals surface area contributed by atoms with E-state index in [0.717, 1.165) is 18.9 Å². The van der Waals surface area contributed by atoms with Gasteiger partial charge in [0.1, 0.15) is 13.2 Å². The van der Waals surface area contributed by atoms with Crippen LogP contribution in [-0.2, 0) is 23.8 Å². The van der Waals surface area contributed by atoms with Crippen LogP contribution in [-0.4, -0.2) is 38.4 Å². The quantitative estimate of drug-likeness (QED) is 0.245. The normalized spacial score (nSPS) is 10.3. The maximum Gasteiger partial charge on any atom is 0.330 e. The predicted octanol–water partition coefficient (Wildman–Crippen LogP) is 3.81. The summed E-state index contributed by atoms with van der Waals surface area (Å²) in [7, 11) is 0. The first kappa shape index (κ1) is 21.6. The molecule has 0 fully saturated rings. The van der Waals surface area contributed by atoms with Gasteiger partial charge >= 0.3 is 11.9 Å². The molecule has 0 saturated carbocycles. The van der Waals surface area contributed by atoms with Crippen molar-refractivity contribution in [3.8, 4) is 0 Å². The lowest BCUT2D eigenvalue weighted by atomic mass is 10.1. The summed E-state index contributed by atoms with van der Waals surface area (Å²) in [5, 5.41) is 0. The van der Waals surface area contributed by atoms with Crippen LogP contribution < -0.4 is 0 Å². The van der Waals surface area contributed by atoms with Gasteiger partial charge < -0.3 is 14.2 Å². The molecule has 5 nitrogen and oxygen atoms in total. The van der Waals surface area contributed by atoms with Crippen molar-refractivity contribution in [1.82, 2.24) is 0 Å². The minimum atomic E-state index is -0.467. The molecule has 0 unspecified atom stereocenters. The molecule has 23 heavy (non-hydrogen) atoms. The maximum absolute atomic E-state index is 11.5. The van der Waals surface area contributed by atoms with Crippen LogP contribution >= 0.6 is 0 Å². The summed E-state index contributed by atoms with van der Waals surface area (Å²) in [4.78, 5) is 22.2. The minimum Gasteiger partial charge on any atom is -0.463 e. The SMILES string of the molecule is C=CC(=O)OCCOCCOC(=O)CCCCCCCCCC. The number of esters is 2. The number of hydrogen-bond donors (Lipinski definition) is 0. The number of hydrogen-bond acceptors (Lipinski definition) is 5. The van der Waals surface area contributed by atoms with Crippen molar-refractivity contribution < 1.29 is 23.8 Å². The van der Waals surface area contributed by atoms with Gasteiger partial charge in [0.05, 0.1) is 13.2 Å². The summed E-state index contributed by atoms with van der Waals surface area (Å²) < 4.78 is 15.0. The van der Waals surface area contributed by atoms with Gasteiger partial charge in [0.15, 0.2) is 0 Å². The summed E-state index contributed by atoms with van der Waals surface area (Å²) in [5.41, 5.74) is 0. The Kier molecular flexibility index (Phi) is 16.0. The van der Waals surface area contributed by atoms with Crippen molar-refractivity contribution in [2.45, 2.75) is 64.7 Å². The van der Waals surface area contributed by atoms with E-state index in [9.17, 15) is 9.59 Å². The fraction of sp³-hybridized carbons (Fsp3) is 0.778. The maximum atomic E-state index is 11.5. The second-order valence-corrected chi connectivity index (χ2v) is 5.43. The van der Waals surface area contributed by atoms with Crippen molar-refractivity contribution in [3.05, 3.63) is 12.7 Å². The number of ether oxygens (including phenoxy) is 3. The van der Waals surface area contributed by atoms with E-state index in [2.05, 4.69) is 13.5 Å². The van der Waals surface area contributed by atoms with Crippen molar-refractivity contribution in [3.63, 3.8) is 0 Å². The zero-order chi connectivity index (χ0) is 17.2. The monoisotopic (exact) mass is 328 g/mol. The molecule has 0 aliphatic heterocycles. The van der Waals surface area contributed by atoms with Gasteiger partial charge in [-0.2, -0.15) is 0 Å². The van der Waals surface area contributed by atoms with Crippen molar-refractivity contribution >= 4 is 11.9 Å². The Morgan fingerprint density at radius 3 is 2.00 bits per heavy atom. The van der Waals surface area contributed by atoms with Crippen LogP contribution in [0.4, 0.5) is 0 Å². The summed E-state index contributed by atoms with van der Waals surface area (Å²) in [6, 6.07) is 0. The van der Waals surface area contributed by atoms with Gasteiger partial charge in [-0.1, -0.05) is 58.4 Å². The van der Waals surface area contributed by atoms with Crippen LogP contribution in [0.1, 0.15) is 64.7 Å². The highest BCUT2D eigenvalue weighted by Crippen LogP contribution is 2.09. The molecule has 0 aromatic carbocycles. The van der Waals surface area contributed by atoms with Gasteiger partial charge in [-0.15, -0.1) is 0 Å². The number of rotatable bonds is 16. The van der Waals surface area contributed by atoms with E-state index < -0.39 is 5.97 Å². The van der Waals surface area contributed by atoms with Crippen LogP contribution in [0, 0.1) is 0 Å². The molecule has 0 aromatic rings. The fourth-order valence-corrected chi connectivity index (χ4v) is 2.05. The first-order valence-corrected chi connectivity index (χ1v) is 8.73. The number of carbonyl (C=O) groups excluding carboxylic acids is 2. The van der Waals surface area contributed by atoms with Gasteiger partial charge in [0, 0.05) is 12.5 Å². The molecular formula is C18H32O5. The lowest BCUT2D eigenvalue weighted by Gasteiger charge is -2.06. The van der Waals surface area contributed by atoms with E-state index in [4.69, 9.17) is 14.2 Å². The average Bonchev–Trinajstić information content (AvgIpc) is 2.56. The Bertz CT molecular complexity index is 315. The van der Waals surface area contributed by atoms with E-state index in [-0.39, 0.29) is 25.8 Å². The van der Waals surface area contributed by atoms with E-state index in [1.54, 1.807) is 0 Å². The summed E-state index contributed by atoms with van der Waals surface area (Å²) in [5.74, 6) is -0.636. The van der Waals surface area contributed by atoms with Crippen LogP contribution in [0.5, 0.6) is 0 Å². The third-order valence-electron chi connectivity index (χ3n) is 3.36. The molecule has 0 spiro atoms. The largest absolute Gasteiger partial charge is 0.463 e. The molecule has 0 saturated heterocycles. The van der Waals surface area contributed by atoms with Gasteiger partial charge in [-0.05, 0) is 6.42 Å². The highest BCUT2D eigenvalue weighted by Gasteiger charge is 2.02. The van der Waals surface area contributed by atoms with Crippen molar-refractivity contribution in [2.24, 2.45) is 0 Å². The molecule has 0 N–H and O–H groups in total. The molecule has 0 amide bonds. The van der Waals surface area contributed by atoms with Crippen molar-refractivity contribution in [1.29, 1.82) is 0 Å². The molecule has 0 aliphatic rings. The van der Waals surface area contributed by atoms with Gasteiger partial charge in [0.2, 0.25) is 0 Å². The lowest BCUT2D eigenvalue weighted by molar-refractivity contribution is -0.145. The molecule has 0 bridgehead atoms. The topological polar surface area (TPSA) is 61.8 Å². The molecule has 0 atom stereocenters. The Labute approximate surface area is 140 Å². The van der Waals surface area contributed by atoms with Gasteiger partial charge in [-0.3, -0.25) is 4.79 Å². The van der Waals surface area contributed by atoms with Crippen LogP contribution in [0.25, 0.3) is 0 Å². The molecule has 0 heterocycles.